The molecule has 2 rings (SSSR count). The summed E-state index contributed by atoms with van der Waals surface area (Å²) in [6, 6.07) is 4.53. The fourth-order valence-electron chi connectivity index (χ4n) is 2.00. The van der Waals surface area contributed by atoms with Crippen molar-refractivity contribution >= 4 is 22.6 Å². The van der Waals surface area contributed by atoms with Crippen molar-refractivity contribution in [2.45, 2.75) is 19.8 Å². The molecule has 0 bridgehead atoms. The molecule has 6 nitrogen and oxygen atoms in total. The maximum absolute atomic E-state index is 11.7. The summed E-state index contributed by atoms with van der Waals surface area (Å²) < 4.78 is 4.97. The predicted molar refractivity (Wildman–Crippen MR) is 70.0 cm³/mol. The lowest BCUT2D eigenvalue weighted by molar-refractivity contribution is -0.384. The third kappa shape index (κ3) is 2.42. The van der Waals surface area contributed by atoms with Gasteiger partial charge in [-0.05, 0) is 25.5 Å². The van der Waals surface area contributed by atoms with Gasteiger partial charge in [0.1, 0.15) is 0 Å². The Morgan fingerprint density at radius 1 is 1.53 bits per heavy atom. The molecule has 1 N–H and O–H groups in total. The van der Waals surface area contributed by atoms with Gasteiger partial charge >= 0.3 is 5.97 Å². The summed E-state index contributed by atoms with van der Waals surface area (Å²) in [5.41, 5.74) is 1.47. The SMILES string of the molecule is CCOC(=O)C(C)c1c[nH]c2ccc([N+](=O)[O-])cc12. The number of ether oxygens (including phenoxy) is 1. The number of carbonyl (C=O) groups is 1. The molecule has 0 aliphatic rings. The Morgan fingerprint density at radius 3 is 2.89 bits per heavy atom. The number of nitrogens with one attached hydrogen (secondary N) is 1. The second kappa shape index (κ2) is 5.09. The normalized spacial score (nSPS) is 12.3. The number of fused-ring (bicyclic) bond motifs is 1. The minimum absolute atomic E-state index is 0.00408. The average molecular weight is 262 g/mol. The summed E-state index contributed by atoms with van der Waals surface area (Å²) in [6.07, 6.45) is 1.69. The van der Waals surface area contributed by atoms with Gasteiger partial charge < -0.3 is 9.72 Å². The first-order chi connectivity index (χ1) is 9.04. The van der Waals surface area contributed by atoms with Crippen molar-refractivity contribution in [3.8, 4) is 0 Å². The summed E-state index contributed by atoms with van der Waals surface area (Å²) in [4.78, 5) is 25.1. The van der Waals surface area contributed by atoms with Crippen molar-refractivity contribution in [3.05, 3.63) is 40.1 Å². The van der Waals surface area contributed by atoms with Gasteiger partial charge in [0.15, 0.2) is 0 Å². The molecule has 0 aliphatic heterocycles. The van der Waals surface area contributed by atoms with Crippen LogP contribution in [-0.4, -0.2) is 22.5 Å². The number of rotatable bonds is 4. The Hall–Kier alpha value is -2.37. The monoisotopic (exact) mass is 262 g/mol. The first kappa shape index (κ1) is 13.1. The topological polar surface area (TPSA) is 85.2 Å². The lowest BCUT2D eigenvalue weighted by atomic mass is 10.0. The smallest absolute Gasteiger partial charge is 0.313 e. The fourth-order valence-corrected chi connectivity index (χ4v) is 2.00. The van der Waals surface area contributed by atoms with E-state index in [1.165, 1.54) is 12.1 Å². The van der Waals surface area contributed by atoms with Gasteiger partial charge in [0.2, 0.25) is 0 Å². The molecule has 0 fully saturated rings. The van der Waals surface area contributed by atoms with Crippen LogP contribution >= 0.6 is 0 Å². The first-order valence-electron chi connectivity index (χ1n) is 5.96. The molecule has 2 aromatic rings. The quantitative estimate of drug-likeness (QED) is 0.521. The maximum atomic E-state index is 11.7. The summed E-state index contributed by atoms with van der Waals surface area (Å²) in [5.74, 6) is -0.800. The van der Waals surface area contributed by atoms with E-state index in [2.05, 4.69) is 4.98 Å². The number of nitrogens with zero attached hydrogens (tertiary/aromatic N) is 1. The Bertz CT molecular complexity index is 633. The maximum Gasteiger partial charge on any atom is 0.313 e. The van der Waals surface area contributed by atoms with E-state index >= 15 is 0 Å². The molecular weight excluding hydrogens is 248 g/mol. The summed E-state index contributed by atoms with van der Waals surface area (Å²) in [5, 5.41) is 11.5. The molecule has 1 aromatic carbocycles. The first-order valence-corrected chi connectivity index (χ1v) is 5.96. The van der Waals surface area contributed by atoms with E-state index in [4.69, 9.17) is 4.74 Å². The fraction of sp³-hybridized carbons (Fsp3) is 0.308. The van der Waals surface area contributed by atoms with Crippen LogP contribution in [-0.2, 0) is 9.53 Å². The van der Waals surface area contributed by atoms with Crippen LogP contribution in [0.1, 0.15) is 25.3 Å². The lowest BCUT2D eigenvalue weighted by Gasteiger charge is -2.09. The summed E-state index contributed by atoms with van der Waals surface area (Å²) >= 11 is 0. The predicted octanol–water partition coefficient (Wildman–Crippen LogP) is 2.74. The molecule has 0 spiro atoms. The second-order valence-corrected chi connectivity index (χ2v) is 4.20. The van der Waals surface area contributed by atoms with Gasteiger partial charge in [-0.25, -0.2) is 0 Å². The number of nitro benzene ring substituents is 1. The molecule has 1 atom stereocenters. The number of benzene rings is 1. The van der Waals surface area contributed by atoms with Gasteiger partial charge in [-0.3, -0.25) is 14.9 Å². The number of aromatic amines is 1. The Balaban J connectivity index is 2.46. The zero-order valence-electron chi connectivity index (χ0n) is 10.7. The van der Waals surface area contributed by atoms with Crippen LogP contribution < -0.4 is 0 Å². The Kier molecular flexibility index (Phi) is 3.50. The number of H-pyrrole nitrogens is 1. The number of hydrogen-bond acceptors (Lipinski definition) is 4. The number of carbonyl (C=O) groups excluding carboxylic acids is 1. The van der Waals surface area contributed by atoms with Gasteiger partial charge in [0.05, 0.1) is 17.4 Å². The largest absolute Gasteiger partial charge is 0.466 e. The zero-order chi connectivity index (χ0) is 14.0. The molecule has 0 amide bonds. The minimum Gasteiger partial charge on any atom is -0.466 e. The van der Waals surface area contributed by atoms with Gasteiger partial charge in [-0.1, -0.05) is 0 Å². The molecule has 1 heterocycles. The van der Waals surface area contributed by atoms with E-state index in [9.17, 15) is 14.9 Å². The summed E-state index contributed by atoms with van der Waals surface area (Å²) in [6.45, 7) is 3.77. The van der Waals surface area contributed by atoms with Crippen LogP contribution in [0.15, 0.2) is 24.4 Å². The van der Waals surface area contributed by atoms with Gasteiger partial charge in [-0.15, -0.1) is 0 Å². The molecule has 19 heavy (non-hydrogen) atoms. The molecule has 0 saturated carbocycles. The number of nitro groups is 1. The second-order valence-electron chi connectivity index (χ2n) is 4.20. The van der Waals surface area contributed by atoms with E-state index in [0.29, 0.717) is 17.6 Å². The van der Waals surface area contributed by atoms with Crippen molar-refractivity contribution in [1.29, 1.82) is 0 Å². The molecule has 0 aliphatic carbocycles. The highest BCUT2D eigenvalue weighted by Crippen LogP contribution is 2.29. The molecule has 100 valence electrons. The highest BCUT2D eigenvalue weighted by molar-refractivity contribution is 5.91. The van der Waals surface area contributed by atoms with Crippen LogP contribution in [0, 0.1) is 10.1 Å². The molecule has 1 aromatic heterocycles. The number of non-ortho nitro benzene ring substituents is 1. The van der Waals surface area contributed by atoms with E-state index in [1.54, 1.807) is 26.1 Å². The lowest BCUT2D eigenvalue weighted by Crippen LogP contribution is -2.12. The van der Waals surface area contributed by atoms with Crippen molar-refractivity contribution in [3.63, 3.8) is 0 Å². The Labute approximate surface area is 109 Å². The summed E-state index contributed by atoms with van der Waals surface area (Å²) in [7, 11) is 0. The standard InChI is InChI=1S/C13H14N2O4/c1-3-19-13(16)8(2)11-7-14-12-5-4-9(15(17)18)6-10(11)12/h4-8,14H,3H2,1-2H3. The third-order valence-electron chi connectivity index (χ3n) is 3.01. The van der Waals surface area contributed by atoms with Crippen LogP contribution in [0.3, 0.4) is 0 Å². The van der Waals surface area contributed by atoms with Gasteiger partial charge in [0, 0.05) is 29.2 Å². The highest BCUT2D eigenvalue weighted by atomic mass is 16.6. The molecular formula is C13H14N2O4. The third-order valence-corrected chi connectivity index (χ3v) is 3.01. The number of esters is 1. The van der Waals surface area contributed by atoms with Crippen LogP contribution in [0.4, 0.5) is 5.69 Å². The highest BCUT2D eigenvalue weighted by Gasteiger charge is 2.21. The van der Waals surface area contributed by atoms with Crippen molar-refractivity contribution in [2.24, 2.45) is 0 Å². The van der Waals surface area contributed by atoms with E-state index in [1.807, 2.05) is 0 Å². The van der Waals surface area contributed by atoms with Crippen LogP contribution in [0.5, 0.6) is 0 Å². The minimum atomic E-state index is -0.462. The van der Waals surface area contributed by atoms with Crippen molar-refractivity contribution in [1.82, 2.24) is 4.98 Å². The zero-order valence-corrected chi connectivity index (χ0v) is 10.7. The van der Waals surface area contributed by atoms with Crippen LogP contribution in [0.25, 0.3) is 10.9 Å². The molecule has 0 radical (unpaired) electrons. The molecule has 1 unspecified atom stereocenters. The van der Waals surface area contributed by atoms with Gasteiger partial charge in [-0.2, -0.15) is 0 Å². The van der Waals surface area contributed by atoms with Crippen molar-refractivity contribution < 1.29 is 14.5 Å². The number of aromatic nitrogens is 1. The average Bonchev–Trinajstić information content (AvgIpc) is 2.80. The van der Waals surface area contributed by atoms with E-state index in [-0.39, 0.29) is 11.7 Å². The molecule has 0 saturated heterocycles. The molecule has 6 heteroatoms. The van der Waals surface area contributed by atoms with Crippen molar-refractivity contribution in [2.75, 3.05) is 6.61 Å². The van der Waals surface area contributed by atoms with Crippen LogP contribution in [0.2, 0.25) is 0 Å². The van der Waals surface area contributed by atoms with E-state index < -0.39 is 10.8 Å². The Morgan fingerprint density at radius 2 is 2.26 bits per heavy atom. The number of hydrogen-bond donors (Lipinski definition) is 1. The van der Waals surface area contributed by atoms with Gasteiger partial charge in [0.25, 0.3) is 5.69 Å². The van der Waals surface area contributed by atoms with E-state index in [0.717, 1.165) is 5.52 Å².